The van der Waals surface area contributed by atoms with E-state index in [1.165, 1.54) is 4.90 Å². The molecule has 0 bridgehead atoms. The minimum absolute atomic E-state index is 0.0264. The van der Waals surface area contributed by atoms with Gasteiger partial charge in [0.2, 0.25) is 0 Å². The van der Waals surface area contributed by atoms with Gasteiger partial charge >= 0.3 is 6.09 Å². The number of carbonyl (C=O) groups excluding carboxylic acids is 2. The molecule has 2 rings (SSSR count). The lowest BCUT2D eigenvalue weighted by Crippen LogP contribution is -2.38. The number of ether oxygens (including phenoxy) is 1. The first-order valence-electron chi connectivity index (χ1n) is 6.79. The summed E-state index contributed by atoms with van der Waals surface area (Å²) in [5.74, 6) is 0.445. The van der Waals surface area contributed by atoms with E-state index >= 15 is 0 Å². The molecular weight excluding hydrogens is 256 g/mol. The van der Waals surface area contributed by atoms with Crippen molar-refractivity contribution in [3.63, 3.8) is 0 Å². The van der Waals surface area contributed by atoms with Crippen LogP contribution in [0.2, 0.25) is 0 Å². The average molecular weight is 276 g/mol. The molecule has 1 aliphatic heterocycles. The Kier molecular flexibility index (Phi) is 3.79. The molecule has 0 radical (unpaired) electrons. The largest absolute Gasteiger partial charge is 0.443 e. The highest BCUT2D eigenvalue weighted by atomic mass is 16.6. The second kappa shape index (κ2) is 5.23. The van der Waals surface area contributed by atoms with Crippen molar-refractivity contribution in [3.8, 4) is 0 Å². The van der Waals surface area contributed by atoms with Crippen molar-refractivity contribution in [2.75, 3.05) is 11.4 Å². The lowest BCUT2D eigenvalue weighted by atomic mass is 10.1. The van der Waals surface area contributed by atoms with Crippen LogP contribution >= 0.6 is 0 Å². The second-order valence-electron chi connectivity index (χ2n) is 5.98. The Labute approximate surface area is 118 Å². The highest BCUT2D eigenvalue weighted by Crippen LogP contribution is 2.26. The number of carbonyl (C=O) groups is 2. The minimum atomic E-state index is -0.572. The minimum Gasteiger partial charge on any atom is -0.443 e. The number of aryl methyl sites for hydroxylation is 1. The fourth-order valence-corrected chi connectivity index (χ4v) is 2.10. The first kappa shape index (κ1) is 14.5. The number of ketones is 1. The van der Waals surface area contributed by atoms with E-state index in [4.69, 9.17) is 4.74 Å². The van der Waals surface area contributed by atoms with Crippen molar-refractivity contribution in [2.24, 2.45) is 0 Å². The summed E-state index contributed by atoms with van der Waals surface area (Å²) in [5.41, 5.74) is 0.697. The van der Waals surface area contributed by atoms with E-state index < -0.39 is 11.7 Å². The summed E-state index contributed by atoms with van der Waals surface area (Å²) < 4.78 is 5.40. The maximum absolute atomic E-state index is 12.3. The Hall–Kier alpha value is -1.91. The number of fused-ring (bicyclic) bond motifs is 1. The third kappa shape index (κ3) is 3.15. The number of anilines is 1. The molecule has 1 aliphatic rings. The van der Waals surface area contributed by atoms with Crippen molar-refractivity contribution in [3.05, 3.63) is 23.4 Å². The Morgan fingerprint density at radius 1 is 1.35 bits per heavy atom. The number of rotatable bonds is 0. The summed E-state index contributed by atoms with van der Waals surface area (Å²) in [6.07, 6.45) is 0.594. The summed E-state index contributed by atoms with van der Waals surface area (Å²) in [7, 11) is 0. The lowest BCUT2D eigenvalue weighted by Gasteiger charge is -2.26. The van der Waals surface area contributed by atoms with E-state index in [1.807, 2.05) is 27.7 Å². The van der Waals surface area contributed by atoms with Gasteiger partial charge in [-0.3, -0.25) is 9.69 Å². The first-order valence-corrected chi connectivity index (χ1v) is 6.79. The van der Waals surface area contributed by atoms with Gasteiger partial charge in [-0.2, -0.15) is 0 Å². The normalized spacial score (nSPS) is 15.6. The fourth-order valence-electron chi connectivity index (χ4n) is 2.10. The molecule has 0 aliphatic carbocycles. The van der Waals surface area contributed by atoms with Crippen LogP contribution in [0.1, 0.15) is 49.7 Å². The van der Waals surface area contributed by atoms with Crippen LogP contribution in [0.3, 0.4) is 0 Å². The van der Waals surface area contributed by atoms with E-state index in [2.05, 4.69) is 4.98 Å². The van der Waals surface area contributed by atoms with E-state index in [1.54, 1.807) is 12.1 Å². The molecule has 0 saturated heterocycles. The number of Topliss-reactive ketones (excluding diaryl/α,β-unsaturated/α-hetero) is 1. The van der Waals surface area contributed by atoms with Crippen LogP contribution < -0.4 is 4.90 Å². The van der Waals surface area contributed by atoms with Crippen LogP contribution in [0.5, 0.6) is 0 Å². The SMILES string of the molecule is Cc1ccc2c(n1)N(C(=O)OC(C)(C)C)CCCC2=O. The standard InChI is InChI=1S/C15H20N2O3/c1-10-7-8-11-12(18)6-5-9-17(13(11)16-10)14(19)20-15(2,3)4/h7-8H,5-6,9H2,1-4H3. The van der Waals surface area contributed by atoms with Crippen LogP contribution in [0.15, 0.2) is 12.1 Å². The number of pyridine rings is 1. The fraction of sp³-hybridized carbons (Fsp3) is 0.533. The Morgan fingerprint density at radius 3 is 2.70 bits per heavy atom. The molecule has 0 aromatic carbocycles. The van der Waals surface area contributed by atoms with Crippen LogP contribution in [0.4, 0.5) is 10.6 Å². The monoisotopic (exact) mass is 276 g/mol. The van der Waals surface area contributed by atoms with Gasteiger partial charge in [0.1, 0.15) is 11.4 Å². The molecule has 2 heterocycles. The summed E-state index contributed by atoms with van der Waals surface area (Å²) in [4.78, 5) is 30.2. The van der Waals surface area contributed by atoms with E-state index in [0.29, 0.717) is 30.8 Å². The lowest BCUT2D eigenvalue weighted by molar-refractivity contribution is 0.0579. The molecule has 0 spiro atoms. The Bertz CT molecular complexity index is 547. The summed E-state index contributed by atoms with van der Waals surface area (Å²) in [6.45, 7) is 7.74. The Balaban J connectivity index is 2.40. The number of hydrogen-bond donors (Lipinski definition) is 0. The molecule has 0 unspecified atom stereocenters. The number of nitrogens with zero attached hydrogens (tertiary/aromatic N) is 2. The predicted octanol–water partition coefficient (Wildman–Crippen LogP) is 3.11. The third-order valence-corrected chi connectivity index (χ3v) is 2.97. The van der Waals surface area contributed by atoms with Crippen molar-refractivity contribution in [1.29, 1.82) is 0 Å². The highest BCUT2D eigenvalue weighted by molar-refractivity contribution is 6.04. The zero-order valence-corrected chi connectivity index (χ0v) is 12.4. The maximum Gasteiger partial charge on any atom is 0.416 e. The van der Waals surface area contributed by atoms with E-state index in [9.17, 15) is 9.59 Å². The molecule has 1 aromatic heterocycles. The zero-order valence-electron chi connectivity index (χ0n) is 12.4. The molecule has 0 N–H and O–H groups in total. The van der Waals surface area contributed by atoms with Crippen molar-refractivity contribution < 1.29 is 14.3 Å². The first-order chi connectivity index (χ1) is 9.28. The zero-order chi connectivity index (χ0) is 14.9. The highest BCUT2D eigenvalue weighted by Gasteiger charge is 2.29. The quantitative estimate of drug-likeness (QED) is 0.730. The molecule has 108 valence electrons. The van der Waals surface area contributed by atoms with E-state index in [-0.39, 0.29) is 5.78 Å². The third-order valence-electron chi connectivity index (χ3n) is 2.97. The molecule has 5 heteroatoms. The molecule has 20 heavy (non-hydrogen) atoms. The Morgan fingerprint density at radius 2 is 2.05 bits per heavy atom. The average Bonchev–Trinajstić information content (AvgIpc) is 2.46. The van der Waals surface area contributed by atoms with E-state index in [0.717, 1.165) is 5.69 Å². The van der Waals surface area contributed by atoms with Crippen LogP contribution in [-0.4, -0.2) is 29.0 Å². The molecule has 0 atom stereocenters. The predicted molar refractivity (Wildman–Crippen MR) is 76.1 cm³/mol. The molecular formula is C15H20N2O3. The van der Waals surface area contributed by atoms with Crippen molar-refractivity contribution >= 4 is 17.7 Å². The van der Waals surface area contributed by atoms with Gasteiger partial charge in [-0.25, -0.2) is 9.78 Å². The van der Waals surface area contributed by atoms with Gasteiger partial charge < -0.3 is 4.74 Å². The van der Waals surface area contributed by atoms with Crippen LogP contribution in [0, 0.1) is 6.92 Å². The molecule has 1 amide bonds. The van der Waals surface area contributed by atoms with Gasteiger partial charge in [-0.05, 0) is 46.2 Å². The van der Waals surface area contributed by atoms with Gasteiger partial charge in [-0.1, -0.05) is 0 Å². The number of hydrogen-bond acceptors (Lipinski definition) is 4. The molecule has 5 nitrogen and oxygen atoms in total. The van der Waals surface area contributed by atoms with Gasteiger partial charge in [0.05, 0.1) is 5.56 Å². The number of amides is 1. The maximum atomic E-state index is 12.3. The summed E-state index contributed by atoms with van der Waals surface area (Å²) in [5, 5.41) is 0. The van der Waals surface area contributed by atoms with Crippen molar-refractivity contribution in [2.45, 2.75) is 46.1 Å². The van der Waals surface area contributed by atoms with Gasteiger partial charge in [0.15, 0.2) is 5.78 Å². The summed E-state index contributed by atoms with van der Waals surface area (Å²) >= 11 is 0. The van der Waals surface area contributed by atoms with Crippen LogP contribution in [0.25, 0.3) is 0 Å². The van der Waals surface area contributed by atoms with Crippen LogP contribution in [-0.2, 0) is 4.74 Å². The summed E-state index contributed by atoms with van der Waals surface area (Å²) in [6, 6.07) is 3.53. The molecule has 0 saturated carbocycles. The van der Waals surface area contributed by atoms with Crippen molar-refractivity contribution in [1.82, 2.24) is 4.98 Å². The molecule has 1 aromatic rings. The second-order valence-corrected chi connectivity index (χ2v) is 5.98. The van der Waals surface area contributed by atoms with Gasteiger partial charge in [0, 0.05) is 18.7 Å². The number of aromatic nitrogens is 1. The topological polar surface area (TPSA) is 59.5 Å². The smallest absolute Gasteiger partial charge is 0.416 e. The van der Waals surface area contributed by atoms with Gasteiger partial charge in [0.25, 0.3) is 0 Å². The van der Waals surface area contributed by atoms with Gasteiger partial charge in [-0.15, -0.1) is 0 Å². The molecule has 0 fully saturated rings.